The Kier molecular flexibility index (Phi) is 6.03. The van der Waals surface area contributed by atoms with E-state index in [1.54, 1.807) is 0 Å². The monoisotopic (exact) mass is 295 g/mol. The lowest BCUT2D eigenvalue weighted by molar-refractivity contribution is -0.132. The highest BCUT2D eigenvalue weighted by molar-refractivity contribution is 5.79. The predicted molar refractivity (Wildman–Crippen MR) is 82.9 cm³/mol. The van der Waals surface area contributed by atoms with Crippen molar-refractivity contribution in [1.82, 2.24) is 15.1 Å². The molecule has 21 heavy (non-hydrogen) atoms. The number of hydrogen-bond donors (Lipinski definition) is 1. The van der Waals surface area contributed by atoms with Crippen LogP contribution in [0.2, 0.25) is 0 Å². The van der Waals surface area contributed by atoms with Gasteiger partial charge in [0, 0.05) is 51.1 Å². The first-order chi connectivity index (χ1) is 10.1. The van der Waals surface area contributed by atoms with Gasteiger partial charge in [-0.05, 0) is 25.7 Å². The minimum Gasteiger partial charge on any atom is -0.343 e. The van der Waals surface area contributed by atoms with Crippen LogP contribution in [0.5, 0.6) is 0 Å². The third-order valence-corrected chi connectivity index (χ3v) is 4.49. The van der Waals surface area contributed by atoms with Crippen molar-refractivity contribution >= 4 is 11.8 Å². The van der Waals surface area contributed by atoms with Gasteiger partial charge in [-0.15, -0.1) is 0 Å². The summed E-state index contributed by atoms with van der Waals surface area (Å²) in [5.41, 5.74) is 0. The third kappa shape index (κ3) is 4.43. The molecule has 0 saturated carbocycles. The quantitative estimate of drug-likeness (QED) is 0.805. The molecule has 120 valence electrons. The largest absolute Gasteiger partial charge is 0.343 e. The molecule has 2 aliphatic rings. The fourth-order valence-corrected chi connectivity index (χ4v) is 3.37. The van der Waals surface area contributed by atoms with E-state index in [1.807, 2.05) is 16.7 Å². The van der Waals surface area contributed by atoms with Gasteiger partial charge >= 0.3 is 0 Å². The lowest BCUT2D eigenvalue weighted by Gasteiger charge is -2.34. The molecule has 2 saturated heterocycles. The van der Waals surface area contributed by atoms with E-state index in [4.69, 9.17) is 0 Å². The Morgan fingerprint density at radius 2 is 1.90 bits per heavy atom. The first-order valence-electron chi connectivity index (χ1n) is 8.45. The van der Waals surface area contributed by atoms with Crippen LogP contribution in [-0.4, -0.2) is 59.9 Å². The Morgan fingerprint density at radius 1 is 1.19 bits per heavy atom. The van der Waals surface area contributed by atoms with Crippen LogP contribution >= 0.6 is 0 Å². The molecular weight excluding hydrogens is 266 g/mol. The molecule has 2 fully saturated rings. The average molecular weight is 295 g/mol. The number of nitrogens with zero attached hydrogens (tertiary/aromatic N) is 2. The summed E-state index contributed by atoms with van der Waals surface area (Å²) >= 11 is 0. The molecule has 2 heterocycles. The average Bonchev–Trinajstić information content (AvgIpc) is 2.80. The number of likely N-dealkylation sites (tertiary alicyclic amines) is 2. The molecule has 1 N–H and O–H groups in total. The van der Waals surface area contributed by atoms with Crippen molar-refractivity contribution in [2.24, 2.45) is 0 Å². The van der Waals surface area contributed by atoms with Crippen LogP contribution in [0.1, 0.15) is 52.4 Å². The molecule has 1 atom stereocenters. The second-order valence-corrected chi connectivity index (χ2v) is 6.31. The van der Waals surface area contributed by atoms with Crippen LogP contribution in [0.3, 0.4) is 0 Å². The van der Waals surface area contributed by atoms with Crippen LogP contribution in [0.4, 0.5) is 0 Å². The van der Waals surface area contributed by atoms with Gasteiger partial charge in [-0.25, -0.2) is 0 Å². The van der Waals surface area contributed by atoms with Crippen molar-refractivity contribution in [3.8, 4) is 0 Å². The molecule has 0 aromatic heterocycles. The first-order valence-corrected chi connectivity index (χ1v) is 8.45. The molecule has 0 spiro atoms. The zero-order valence-corrected chi connectivity index (χ0v) is 13.4. The molecule has 2 rings (SSSR count). The molecule has 5 heteroatoms. The minimum atomic E-state index is 0.282. The summed E-state index contributed by atoms with van der Waals surface area (Å²) in [5, 5.41) is 3.63. The van der Waals surface area contributed by atoms with Gasteiger partial charge in [0.25, 0.3) is 0 Å². The predicted octanol–water partition coefficient (Wildman–Crippen LogP) is 1.38. The molecule has 0 unspecified atom stereocenters. The number of hydrogen-bond acceptors (Lipinski definition) is 3. The van der Waals surface area contributed by atoms with Crippen molar-refractivity contribution in [3.05, 3.63) is 0 Å². The fourth-order valence-electron chi connectivity index (χ4n) is 3.37. The van der Waals surface area contributed by atoms with E-state index >= 15 is 0 Å². The molecule has 0 aromatic rings. The van der Waals surface area contributed by atoms with E-state index in [0.717, 1.165) is 51.9 Å². The molecule has 0 bridgehead atoms. The lowest BCUT2D eigenvalue weighted by Crippen LogP contribution is -2.48. The van der Waals surface area contributed by atoms with Crippen LogP contribution in [0.25, 0.3) is 0 Å². The maximum Gasteiger partial charge on any atom is 0.224 e. The first kappa shape index (κ1) is 16.3. The number of carbonyl (C=O) groups is 2. The van der Waals surface area contributed by atoms with Crippen molar-refractivity contribution in [3.63, 3.8) is 0 Å². The van der Waals surface area contributed by atoms with E-state index in [2.05, 4.69) is 12.2 Å². The molecule has 2 aliphatic heterocycles. The molecular formula is C16H29N3O2. The molecule has 0 aliphatic carbocycles. The summed E-state index contributed by atoms with van der Waals surface area (Å²) in [6.45, 7) is 7.59. The van der Waals surface area contributed by atoms with Crippen LogP contribution in [0, 0.1) is 0 Å². The number of amides is 2. The van der Waals surface area contributed by atoms with E-state index < -0.39 is 0 Å². The van der Waals surface area contributed by atoms with Crippen LogP contribution in [-0.2, 0) is 9.59 Å². The lowest BCUT2D eigenvalue weighted by atomic mass is 10.0. The summed E-state index contributed by atoms with van der Waals surface area (Å²) < 4.78 is 0. The van der Waals surface area contributed by atoms with Crippen molar-refractivity contribution in [2.75, 3.05) is 26.2 Å². The second-order valence-electron chi connectivity index (χ2n) is 6.31. The smallest absolute Gasteiger partial charge is 0.224 e. The van der Waals surface area contributed by atoms with Gasteiger partial charge in [0.15, 0.2) is 0 Å². The Bertz CT molecular complexity index is 365. The standard InChI is InChI=1S/C16H29N3O2/c1-3-5-15(20)18-9-6-13(7-10-18)17-14-11-16(21)19(12-14)8-4-2/h13-14,17H,3-12H2,1-2H3/t14-/m1/s1. The Labute approximate surface area is 128 Å². The second kappa shape index (κ2) is 7.78. The van der Waals surface area contributed by atoms with Gasteiger partial charge in [-0.1, -0.05) is 13.8 Å². The number of carbonyl (C=O) groups excluding carboxylic acids is 2. The molecule has 2 amide bonds. The topological polar surface area (TPSA) is 52.7 Å². The summed E-state index contributed by atoms with van der Waals surface area (Å²) in [5.74, 6) is 0.575. The Hall–Kier alpha value is -1.10. The van der Waals surface area contributed by atoms with Gasteiger partial charge in [0.2, 0.25) is 11.8 Å². The molecule has 0 radical (unpaired) electrons. The van der Waals surface area contributed by atoms with Crippen LogP contribution < -0.4 is 5.32 Å². The Morgan fingerprint density at radius 3 is 2.52 bits per heavy atom. The maximum absolute atomic E-state index is 11.9. The van der Waals surface area contributed by atoms with Gasteiger partial charge in [0.1, 0.15) is 0 Å². The van der Waals surface area contributed by atoms with E-state index in [-0.39, 0.29) is 5.91 Å². The minimum absolute atomic E-state index is 0.282. The zero-order valence-electron chi connectivity index (χ0n) is 13.4. The maximum atomic E-state index is 11.9. The molecule has 0 aromatic carbocycles. The molecule has 5 nitrogen and oxygen atoms in total. The van der Waals surface area contributed by atoms with Crippen molar-refractivity contribution < 1.29 is 9.59 Å². The van der Waals surface area contributed by atoms with Gasteiger partial charge in [-0.3, -0.25) is 9.59 Å². The van der Waals surface area contributed by atoms with Gasteiger partial charge in [0.05, 0.1) is 0 Å². The normalized spacial score (nSPS) is 23.9. The van der Waals surface area contributed by atoms with E-state index in [9.17, 15) is 9.59 Å². The number of piperidine rings is 1. The summed E-state index contributed by atoms with van der Waals surface area (Å²) in [6.07, 6.45) is 5.27. The zero-order chi connectivity index (χ0) is 15.2. The fraction of sp³-hybridized carbons (Fsp3) is 0.875. The van der Waals surface area contributed by atoms with Crippen molar-refractivity contribution in [2.45, 2.75) is 64.5 Å². The summed E-state index contributed by atoms with van der Waals surface area (Å²) in [7, 11) is 0. The van der Waals surface area contributed by atoms with Crippen molar-refractivity contribution in [1.29, 1.82) is 0 Å². The van der Waals surface area contributed by atoms with Gasteiger partial charge < -0.3 is 15.1 Å². The number of nitrogens with one attached hydrogen (secondary N) is 1. The van der Waals surface area contributed by atoms with E-state index in [0.29, 0.717) is 30.8 Å². The van der Waals surface area contributed by atoms with Crippen LogP contribution in [0.15, 0.2) is 0 Å². The highest BCUT2D eigenvalue weighted by Crippen LogP contribution is 2.17. The highest BCUT2D eigenvalue weighted by Gasteiger charge is 2.31. The van der Waals surface area contributed by atoms with E-state index in [1.165, 1.54) is 0 Å². The summed E-state index contributed by atoms with van der Waals surface area (Å²) in [6, 6.07) is 0.752. The third-order valence-electron chi connectivity index (χ3n) is 4.49. The Balaban J connectivity index is 1.72. The SMILES string of the molecule is CCCC(=O)N1CCC(N[C@@H]2CC(=O)N(CCC)C2)CC1. The summed E-state index contributed by atoms with van der Waals surface area (Å²) in [4.78, 5) is 27.7. The van der Waals surface area contributed by atoms with Gasteiger partial charge in [-0.2, -0.15) is 0 Å². The number of rotatable bonds is 6. The highest BCUT2D eigenvalue weighted by atomic mass is 16.2.